The zero-order valence-corrected chi connectivity index (χ0v) is 9.90. The molecule has 1 saturated carbocycles. The molecule has 2 atom stereocenters. The van der Waals surface area contributed by atoms with Crippen LogP contribution in [0.1, 0.15) is 55.0 Å². The molecule has 3 rings (SSSR count). The van der Waals surface area contributed by atoms with Gasteiger partial charge in [-0.2, -0.15) is 5.10 Å². The van der Waals surface area contributed by atoms with E-state index >= 15 is 0 Å². The summed E-state index contributed by atoms with van der Waals surface area (Å²) < 4.78 is 1.97. The Labute approximate surface area is 95.5 Å². The van der Waals surface area contributed by atoms with E-state index in [1.54, 1.807) is 0 Å². The van der Waals surface area contributed by atoms with Gasteiger partial charge >= 0.3 is 0 Å². The minimum Gasteiger partial charge on any atom is -0.270 e. The molecule has 0 aromatic carbocycles. The summed E-state index contributed by atoms with van der Waals surface area (Å²) in [5, 5.41) is 4.63. The highest BCUT2D eigenvalue weighted by Crippen LogP contribution is 2.53. The van der Waals surface area contributed by atoms with Gasteiger partial charge < -0.3 is 0 Å². The fourth-order valence-electron chi connectivity index (χ4n) is 3.19. The van der Waals surface area contributed by atoms with Crippen LogP contribution in [0.3, 0.4) is 0 Å². The monoisotopic (exact) mass is 222 g/mol. The SMILES string of the molecule is CCOOCc1c2c(nn1C)C1CCC2C1. The first-order valence-corrected chi connectivity index (χ1v) is 6.11. The van der Waals surface area contributed by atoms with E-state index in [1.807, 2.05) is 18.7 Å². The number of hydrogen-bond donors (Lipinski definition) is 0. The second kappa shape index (κ2) is 3.86. The lowest BCUT2D eigenvalue weighted by Gasteiger charge is -2.11. The first-order valence-electron chi connectivity index (χ1n) is 6.11. The minimum absolute atomic E-state index is 0.524. The van der Waals surface area contributed by atoms with E-state index < -0.39 is 0 Å². The molecule has 1 aromatic heterocycles. The van der Waals surface area contributed by atoms with Gasteiger partial charge in [0.05, 0.1) is 18.0 Å². The molecular weight excluding hydrogens is 204 g/mol. The molecule has 1 fully saturated rings. The lowest BCUT2D eigenvalue weighted by Crippen LogP contribution is -2.05. The molecule has 2 bridgehead atoms. The number of hydrogen-bond acceptors (Lipinski definition) is 3. The molecule has 0 saturated heterocycles. The summed E-state index contributed by atoms with van der Waals surface area (Å²) in [6.45, 7) is 3.04. The Morgan fingerprint density at radius 1 is 1.31 bits per heavy atom. The zero-order valence-electron chi connectivity index (χ0n) is 9.90. The highest BCUT2D eigenvalue weighted by atomic mass is 17.2. The molecular formula is C12H18N2O2. The van der Waals surface area contributed by atoms with E-state index in [0.29, 0.717) is 19.1 Å². The quantitative estimate of drug-likeness (QED) is 0.445. The molecule has 0 aliphatic heterocycles. The topological polar surface area (TPSA) is 36.3 Å². The van der Waals surface area contributed by atoms with Crippen molar-refractivity contribution in [3.8, 4) is 0 Å². The second-order valence-corrected chi connectivity index (χ2v) is 4.74. The van der Waals surface area contributed by atoms with Gasteiger partial charge in [0.25, 0.3) is 0 Å². The summed E-state index contributed by atoms with van der Waals surface area (Å²) >= 11 is 0. The van der Waals surface area contributed by atoms with Crippen LogP contribution in [0.15, 0.2) is 0 Å². The number of fused-ring (bicyclic) bond motifs is 5. The summed E-state index contributed by atoms with van der Waals surface area (Å²) in [5.41, 5.74) is 3.99. The van der Waals surface area contributed by atoms with Crippen LogP contribution >= 0.6 is 0 Å². The van der Waals surface area contributed by atoms with E-state index in [9.17, 15) is 0 Å². The minimum atomic E-state index is 0.524. The maximum Gasteiger partial charge on any atom is 0.124 e. The smallest absolute Gasteiger partial charge is 0.124 e. The van der Waals surface area contributed by atoms with Crippen LogP contribution in [0, 0.1) is 0 Å². The zero-order chi connectivity index (χ0) is 11.1. The average Bonchev–Trinajstić information content (AvgIpc) is 2.91. The van der Waals surface area contributed by atoms with Crippen molar-refractivity contribution < 1.29 is 9.78 Å². The Balaban J connectivity index is 1.85. The van der Waals surface area contributed by atoms with Crippen molar-refractivity contribution in [1.82, 2.24) is 9.78 Å². The van der Waals surface area contributed by atoms with Gasteiger partial charge in [0.2, 0.25) is 0 Å². The van der Waals surface area contributed by atoms with E-state index in [-0.39, 0.29) is 0 Å². The predicted molar refractivity (Wildman–Crippen MR) is 59.0 cm³/mol. The average molecular weight is 222 g/mol. The third kappa shape index (κ3) is 1.40. The second-order valence-electron chi connectivity index (χ2n) is 4.74. The van der Waals surface area contributed by atoms with Gasteiger partial charge in [0, 0.05) is 18.5 Å². The van der Waals surface area contributed by atoms with Crippen LogP contribution in [0.5, 0.6) is 0 Å². The Morgan fingerprint density at radius 3 is 2.94 bits per heavy atom. The summed E-state index contributed by atoms with van der Waals surface area (Å²) in [6.07, 6.45) is 3.95. The van der Waals surface area contributed by atoms with E-state index in [1.165, 1.54) is 36.2 Å². The third-order valence-electron chi connectivity index (χ3n) is 3.86. The van der Waals surface area contributed by atoms with Crippen LogP contribution in [0.4, 0.5) is 0 Å². The molecule has 16 heavy (non-hydrogen) atoms. The summed E-state index contributed by atoms with van der Waals surface area (Å²) in [5.74, 6) is 1.45. The van der Waals surface area contributed by atoms with Crippen LogP contribution < -0.4 is 0 Å². The lowest BCUT2D eigenvalue weighted by atomic mass is 9.96. The predicted octanol–water partition coefficient (Wildman–Crippen LogP) is 2.25. The number of aryl methyl sites for hydroxylation is 1. The Bertz CT molecular complexity index is 400. The fourth-order valence-corrected chi connectivity index (χ4v) is 3.19. The lowest BCUT2D eigenvalue weighted by molar-refractivity contribution is -0.301. The normalized spacial score (nSPS) is 26.4. The van der Waals surface area contributed by atoms with E-state index in [2.05, 4.69) is 5.10 Å². The molecule has 2 aliphatic carbocycles. The maximum atomic E-state index is 5.18. The molecule has 88 valence electrons. The van der Waals surface area contributed by atoms with Crippen LogP contribution in [0.2, 0.25) is 0 Å². The number of nitrogens with zero attached hydrogens (tertiary/aromatic N) is 2. The summed E-state index contributed by atoms with van der Waals surface area (Å²) in [7, 11) is 2.00. The Morgan fingerprint density at radius 2 is 2.12 bits per heavy atom. The Kier molecular flexibility index (Phi) is 2.48. The number of aromatic nitrogens is 2. The van der Waals surface area contributed by atoms with Crippen LogP contribution in [-0.4, -0.2) is 16.4 Å². The van der Waals surface area contributed by atoms with Gasteiger partial charge in [0.1, 0.15) is 6.61 Å². The van der Waals surface area contributed by atoms with Crippen LogP contribution in [-0.2, 0) is 23.4 Å². The maximum absolute atomic E-state index is 5.18. The highest BCUT2D eigenvalue weighted by molar-refractivity contribution is 5.40. The molecule has 4 heteroatoms. The van der Waals surface area contributed by atoms with Gasteiger partial charge in [-0.1, -0.05) is 0 Å². The van der Waals surface area contributed by atoms with Gasteiger partial charge in [-0.25, -0.2) is 9.78 Å². The van der Waals surface area contributed by atoms with Gasteiger partial charge in [0.15, 0.2) is 0 Å². The van der Waals surface area contributed by atoms with Crippen molar-refractivity contribution in [2.24, 2.45) is 7.05 Å². The van der Waals surface area contributed by atoms with Gasteiger partial charge in [-0.05, 0) is 32.1 Å². The molecule has 2 aliphatic rings. The molecule has 0 N–H and O–H groups in total. The summed E-state index contributed by atoms with van der Waals surface area (Å²) in [4.78, 5) is 10.1. The van der Waals surface area contributed by atoms with Gasteiger partial charge in [-0.3, -0.25) is 4.68 Å². The van der Waals surface area contributed by atoms with Crippen molar-refractivity contribution in [2.75, 3.05) is 6.61 Å². The first-order chi connectivity index (χ1) is 7.81. The summed E-state index contributed by atoms with van der Waals surface area (Å²) in [6, 6.07) is 0. The third-order valence-corrected chi connectivity index (χ3v) is 3.86. The van der Waals surface area contributed by atoms with E-state index in [4.69, 9.17) is 9.78 Å². The van der Waals surface area contributed by atoms with Crippen molar-refractivity contribution in [2.45, 2.75) is 44.6 Å². The Hall–Kier alpha value is -0.870. The standard InChI is InChI=1S/C12H18N2O2/c1-3-15-16-7-10-11-8-4-5-9(6-8)12(11)13-14(10)2/h8-9H,3-7H2,1-2H3. The van der Waals surface area contributed by atoms with Crippen molar-refractivity contribution in [3.05, 3.63) is 17.0 Å². The van der Waals surface area contributed by atoms with Crippen LogP contribution in [0.25, 0.3) is 0 Å². The number of rotatable bonds is 4. The van der Waals surface area contributed by atoms with Gasteiger partial charge in [-0.15, -0.1) is 0 Å². The molecule has 0 spiro atoms. The molecule has 1 heterocycles. The first kappa shape index (κ1) is 10.3. The molecule has 2 unspecified atom stereocenters. The molecule has 0 radical (unpaired) electrons. The largest absolute Gasteiger partial charge is 0.270 e. The molecule has 1 aromatic rings. The molecule has 4 nitrogen and oxygen atoms in total. The highest BCUT2D eigenvalue weighted by Gasteiger charge is 2.41. The molecule has 0 amide bonds. The van der Waals surface area contributed by atoms with Crippen molar-refractivity contribution in [3.63, 3.8) is 0 Å². The van der Waals surface area contributed by atoms with E-state index in [0.717, 1.165) is 5.92 Å². The fraction of sp³-hybridized carbons (Fsp3) is 0.750. The van der Waals surface area contributed by atoms with Crippen molar-refractivity contribution in [1.29, 1.82) is 0 Å². The van der Waals surface area contributed by atoms with Crippen molar-refractivity contribution >= 4 is 0 Å².